The number of aryl methyl sites for hydroxylation is 4. The van der Waals surface area contributed by atoms with Crippen LogP contribution in [0.1, 0.15) is 43.1 Å². The van der Waals surface area contributed by atoms with Gasteiger partial charge < -0.3 is 9.80 Å². The molecular formula is C29H28N4S2. The highest BCUT2D eigenvalue weighted by Gasteiger charge is 2.31. The Balaban J connectivity index is 1.31. The lowest BCUT2D eigenvalue weighted by Crippen LogP contribution is -2.46. The number of rotatable bonds is 4. The van der Waals surface area contributed by atoms with Gasteiger partial charge in [0.15, 0.2) is 0 Å². The monoisotopic (exact) mass is 496 g/mol. The molecule has 176 valence electrons. The number of fused-ring (bicyclic) bond motifs is 6. The molecule has 0 atom stereocenters. The van der Waals surface area contributed by atoms with Crippen molar-refractivity contribution in [1.29, 1.82) is 0 Å². The van der Waals surface area contributed by atoms with Crippen LogP contribution in [-0.2, 0) is 13.1 Å². The fourth-order valence-corrected chi connectivity index (χ4v) is 6.85. The summed E-state index contributed by atoms with van der Waals surface area (Å²) in [5.74, 6) is 0. The lowest BCUT2D eigenvalue weighted by Gasteiger charge is -2.46. The molecule has 0 spiro atoms. The molecule has 2 bridgehead atoms. The molecule has 4 heterocycles. The molecule has 2 aromatic heterocycles. The van der Waals surface area contributed by atoms with Gasteiger partial charge in [-0.25, -0.2) is 0 Å². The normalized spacial score (nSPS) is 14.7. The van der Waals surface area contributed by atoms with Gasteiger partial charge in [0, 0.05) is 46.6 Å². The summed E-state index contributed by atoms with van der Waals surface area (Å²) in [5.41, 5.74) is 12.6. The van der Waals surface area contributed by atoms with Crippen LogP contribution in [0.2, 0.25) is 0 Å². The molecule has 0 fully saturated rings. The second-order valence-corrected chi connectivity index (χ2v) is 11.4. The van der Waals surface area contributed by atoms with E-state index in [9.17, 15) is 0 Å². The molecule has 0 N–H and O–H groups in total. The summed E-state index contributed by atoms with van der Waals surface area (Å²) < 4.78 is 0. The average Bonchev–Trinajstić information content (AvgIpc) is 3.42. The topological polar surface area (TPSA) is 31.2 Å². The molecule has 2 aliphatic rings. The minimum atomic E-state index is 0.902. The zero-order chi connectivity index (χ0) is 24.1. The maximum Gasteiger partial charge on any atom is 0.0910 e. The molecule has 0 aliphatic carbocycles. The first-order chi connectivity index (χ1) is 17.0. The van der Waals surface area contributed by atoms with Crippen LogP contribution in [-0.4, -0.2) is 19.1 Å². The predicted octanol–water partition coefficient (Wildman–Crippen LogP) is 7.84. The van der Waals surface area contributed by atoms with Crippen molar-refractivity contribution in [3.8, 4) is 0 Å². The fraction of sp³-hybridized carbons (Fsp3) is 0.241. The van der Waals surface area contributed by atoms with E-state index in [0.29, 0.717) is 0 Å². The number of hydrogen-bond donors (Lipinski definition) is 0. The molecule has 0 saturated carbocycles. The molecule has 2 aromatic carbocycles. The Morgan fingerprint density at radius 2 is 1.11 bits per heavy atom. The summed E-state index contributed by atoms with van der Waals surface area (Å²) in [6.45, 7) is 11.4. The van der Waals surface area contributed by atoms with Crippen molar-refractivity contribution >= 4 is 57.9 Å². The van der Waals surface area contributed by atoms with Crippen LogP contribution < -0.4 is 9.80 Å². The Labute approximate surface area is 214 Å². The van der Waals surface area contributed by atoms with Gasteiger partial charge in [0.2, 0.25) is 0 Å². The van der Waals surface area contributed by atoms with Gasteiger partial charge in [0.25, 0.3) is 0 Å². The van der Waals surface area contributed by atoms with Crippen LogP contribution in [0.5, 0.6) is 0 Å². The van der Waals surface area contributed by atoms with Gasteiger partial charge in [-0.1, -0.05) is 0 Å². The summed E-state index contributed by atoms with van der Waals surface area (Å²) in [5, 5.41) is 4.24. The summed E-state index contributed by atoms with van der Waals surface area (Å²) in [4.78, 5) is 17.1. The molecule has 0 radical (unpaired) electrons. The third kappa shape index (κ3) is 4.11. The van der Waals surface area contributed by atoms with E-state index < -0.39 is 0 Å². The lowest BCUT2D eigenvalue weighted by atomic mass is 9.96. The Morgan fingerprint density at radius 1 is 0.657 bits per heavy atom. The maximum atomic E-state index is 4.83. The van der Waals surface area contributed by atoms with Crippen molar-refractivity contribution in [3.63, 3.8) is 0 Å². The Bertz CT molecular complexity index is 1380. The molecule has 0 unspecified atom stereocenters. The van der Waals surface area contributed by atoms with E-state index >= 15 is 0 Å². The van der Waals surface area contributed by atoms with Gasteiger partial charge in [-0.3, -0.25) is 9.98 Å². The van der Waals surface area contributed by atoms with Crippen LogP contribution in [0, 0.1) is 27.7 Å². The lowest BCUT2D eigenvalue weighted by molar-refractivity contribution is 0.647. The SMILES string of the molecule is Cc1ccsc1C=Nc1cc(C)c2c(c1)CN1CN2Cc2cc(N=Cc3sccc3C)cc(C)c21. The Morgan fingerprint density at radius 3 is 1.51 bits per heavy atom. The quantitative estimate of drug-likeness (QED) is 0.269. The second kappa shape index (κ2) is 8.77. The third-order valence-corrected chi connectivity index (χ3v) is 8.80. The van der Waals surface area contributed by atoms with Crippen LogP contribution in [0.25, 0.3) is 0 Å². The molecule has 4 nitrogen and oxygen atoms in total. The van der Waals surface area contributed by atoms with Crippen molar-refractivity contribution in [2.24, 2.45) is 9.98 Å². The van der Waals surface area contributed by atoms with E-state index in [1.54, 1.807) is 22.7 Å². The number of hydrogen-bond acceptors (Lipinski definition) is 6. The van der Waals surface area contributed by atoms with Crippen molar-refractivity contribution in [2.75, 3.05) is 16.5 Å². The van der Waals surface area contributed by atoms with E-state index in [1.807, 2.05) is 12.4 Å². The zero-order valence-electron chi connectivity index (χ0n) is 20.5. The molecule has 0 amide bonds. The van der Waals surface area contributed by atoms with Gasteiger partial charge in [0.1, 0.15) is 0 Å². The highest BCUT2D eigenvalue weighted by Crippen LogP contribution is 2.43. The highest BCUT2D eigenvalue weighted by atomic mass is 32.1. The molecular weight excluding hydrogens is 468 g/mol. The smallest absolute Gasteiger partial charge is 0.0910 e. The summed E-state index contributed by atoms with van der Waals surface area (Å²) in [6, 6.07) is 13.3. The van der Waals surface area contributed by atoms with E-state index in [-0.39, 0.29) is 0 Å². The van der Waals surface area contributed by atoms with Gasteiger partial charge in [0.05, 0.1) is 18.0 Å². The third-order valence-electron chi connectivity index (χ3n) is 6.89. The molecule has 6 heteroatoms. The van der Waals surface area contributed by atoms with Crippen LogP contribution >= 0.6 is 22.7 Å². The minimum Gasteiger partial charge on any atom is -0.349 e. The van der Waals surface area contributed by atoms with E-state index in [4.69, 9.17) is 9.98 Å². The summed E-state index contributed by atoms with van der Waals surface area (Å²) >= 11 is 3.48. The molecule has 35 heavy (non-hydrogen) atoms. The molecule has 0 saturated heterocycles. The van der Waals surface area contributed by atoms with Gasteiger partial charge in [-0.05, 0) is 108 Å². The first-order valence-electron chi connectivity index (χ1n) is 11.9. The molecule has 6 rings (SSSR count). The molecule has 2 aliphatic heterocycles. The van der Waals surface area contributed by atoms with Gasteiger partial charge in [-0.2, -0.15) is 0 Å². The molecule has 4 aromatic rings. The van der Waals surface area contributed by atoms with Gasteiger partial charge >= 0.3 is 0 Å². The number of benzene rings is 2. The average molecular weight is 497 g/mol. The Kier molecular flexibility index (Phi) is 5.58. The largest absolute Gasteiger partial charge is 0.349 e. The Hall–Kier alpha value is -3.22. The van der Waals surface area contributed by atoms with Crippen molar-refractivity contribution in [2.45, 2.75) is 40.8 Å². The summed E-state index contributed by atoms with van der Waals surface area (Å²) in [6.07, 6.45) is 4.01. The van der Waals surface area contributed by atoms with E-state index in [1.165, 1.54) is 54.5 Å². The van der Waals surface area contributed by atoms with Crippen LogP contribution in [0.3, 0.4) is 0 Å². The second-order valence-electron chi connectivity index (χ2n) is 9.53. The van der Waals surface area contributed by atoms with Crippen molar-refractivity contribution in [3.05, 3.63) is 90.3 Å². The van der Waals surface area contributed by atoms with Crippen LogP contribution in [0.15, 0.2) is 57.1 Å². The number of nitrogens with zero attached hydrogens (tertiary/aromatic N) is 4. The van der Waals surface area contributed by atoms with Crippen molar-refractivity contribution < 1.29 is 0 Å². The highest BCUT2D eigenvalue weighted by molar-refractivity contribution is 7.12. The van der Waals surface area contributed by atoms with E-state index in [2.05, 4.69) is 84.7 Å². The standard InChI is InChI=1S/C29H28N4S2/c1-18-5-7-34-26(18)13-30-24-9-20(3)28-22(11-24)15-32-17-33(28)16-23-12-25(10-21(4)29(23)32)31-14-27-19(2)6-8-35-27/h5-14H,15-17H2,1-4H3. The first-order valence-corrected chi connectivity index (χ1v) is 13.7. The number of anilines is 2. The maximum absolute atomic E-state index is 4.83. The van der Waals surface area contributed by atoms with Gasteiger partial charge in [-0.15, -0.1) is 22.7 Å². The zero-order valence-corrected chi connectivity index (χ0v) is 22.1. The number of thiophene rings is 2. The first kappa shape index (κ1) is 22.3. The van der Waals surface area contributed by atoms with E-state index in [0.717, 1.165) is 31.1 Å². The summed E-state index contributed by atoms with van der Waals surface area (Å²) in [7, 11) is 0. The van der Waals surface area contributed by atoms with Crippen molar-refractivity contribution in [1.82, 2.24) is 0 Å². The van der Waals surface area contributed by atoms with Crippen LogP contribution in [0.4, 0.5) is 22.7 Å². The minimum absolute atomic E-state index is 0.902. The fourth-order valence-electron chi connectivity index (χ4n) is 5.28. The predicted molar refractivity (Wildman–Crippen MR) is 152 cm³/mol. The number of aliphatic imine (C=N–C) groups is 2.